The lowest BCUT2D eigenvalue weighted by Gasteiger charge is -2.01. The minimum Gasteiger partial charge on any atom is -0.291 e. The van der Waals surface area contributed by atoms with Gasteiger partial charge in [-0.3, -0.25) is 4.79 Å². The van der Waals surface area contributed by atoms with Gasteiger partial charge in [-0.2, -0.15) is 5.26 Å². The minimum atomic E-state index is -0.835. The number of thiazole rings is 1. The number of rotatable bonds is 3. The molecular formula is C14H7BrN2OS2. The van der Waals surface area contributed by atoms with Gasteiger partial charge in [-0.05, 0) is 40.2 Å². The van der Waals surface area contributed by atoms with E-state index in [1.807, 2.05) is 30.3 Å². The van der Waals surface area contributed by atoms with Crippen LogP contribution < -0.4 is 0 Å². The standard InChI is InChI=1S/C14H7BrN2OS2/c15-12-6-5-11(19-12)13(18)8(7-16)14-17-9-3-1-2-4-10(9)20-14/h1-6,8H. The molecule has 0 aliphatic carbocycles. The van der Waals surface area contributed by atoms with E-state index in [2.05, 4.69) is 27.0 Å². The van der Waals surface area contributed by atoms with Crippen LogP contribution in [0.2, 0.25) is 0 Å². The Labute approximate surface area is 131 Å². The fraction of sp³-hybridized carbons (Fsp3) is 0.0714. The van der Waals surface area contributed by atoms with E-state index in [-0.39, 0.29) is 5.78 Å². The highest BCUT2D eigenvalue weighted by Gasteiger charge is 2.26. The normalized spacial score (nSPS) is 12.2. The van der Waals surface area contributed by atoms with E-state index in [4.69, 9.17) is 0 Å². The Morgan fingerprint density at radius 1 is 1.25 bits per heavy atom. The van der Waals surface area contributed by atoms with Crippen molar-refractivity contribution in [1.29, 1.82) is 5.26 Å². The van der Waals surface area contributed by atoms with E-state index < -0.39 is 5.92 Å². The first-order valence-corrected chi connectivity index (χ1v) is 8.16. The highest BCUT2D eigenvalue weighted by molar-refractivity contribution is 9.11. The Balaban J connectivity index is 2.01. The van der Waals surface area contributed by atoms with Crippen LogP contribution in [0.3, 0.4) is 0 Å². The van der Waals surface area contributed by atoms with Crippen molar-refractivity contribution in [3.63, 3.8) is 0 Å². The number of carbonyl (C=O) groups excluding carboxylic acids is 1. The molecule has 20 heavy (non-hydrogen) atoms. The predicted octanol–water partition coefficient (Wildman–Crippen LogP) is 4.61. The van der Waals surface area contributed by atoms with Crippen LogP contribution in [-0.4, -0.2) is 10.8 Å². The van der Waals surface area contributed by atoms with Crippen molar-refractivity contribution in [2.75, 3.05) is 0 Å². The van der Waals surface area contributed by atoms with Gasteiger partial charge in [0.25, 0.3) is 0 Å². The van der Waals surface area contributed by atoms with Crippen molar-refractivity contribution in [2.24, 2.45) is 0 Å². The summed E-state index contributed by atoms with van der Waals surface area (Å²) in [7, 11) is 0. The Hall–Kier alpha value is -1.55. The van der Waals surface area contributed by atoms with Crippen molar-refractivity contribution in [3.05, 3.63) is 50.1 Å². The molecule has 0 fully saturated rings. The molecule has 0 amide bonds. The minimum absolute atomic E-state index is 0.192. The number of carbonyl (C=O) groups is 1. The first kappa shape index (κ1) is 13.4. The third-order valence-electron chi connectivity index (χ3n) is 2.76. The molecule has 2 aromatic heterocycles. The van der Waals surface area contributed by atoms with Crippen molar-refractivity contribution >= 4 is 54.6 Å². The summed E-state index contributed by atoms with van der Waals surface area (Å²) in [5, 5.41) is 9.89. The van der Waals surface area contributed by atoms with Gasteiger partial charge in [0.2, 0.25) is 0 Å². The van der Waals surface area contributed by atoms with Crippen LogP contribution in [0, 0.1) is 11.3 Å². The second-order valence-corrected chi connectivity index (χ2v) is 7.58. The number of Topliss-reactive ketones (excluding diaryl/α,β-unsaturated/α-hetero) is 1. The summed E-state index contributed by atoms with van der Waals surface area (Å²) in [6.45, 7) is 0. The zero-order valence-corrected chi connectivity index (χ0v) is 13.3. The molecule has 3 rings (SSSR count). The molecule has 3 aromatic rings. The summed E-state index contributed by atoms with van der Waals surface area (Å²) in [5.41, 5.74) is 0.827. The van der Waals surface area contributed by atoms with Crippen LogP contribution in [-0.2, 0) is 0 Å². The average molecular weight is 363 g/mol. The van der Waals surface area contributed by atoms with Crippen molar-refractivity contribution in [2.45, 2.75) is 5.92 Å². The number of nitriles is 1. The van der Waals surface area contributed by atoms with E-state index in [0.29, 0.717) is 9.88 Å². The van der Waals surface area contributed by atoms with E-state index in [1.165, 1.54) is 22.7 Å². The van der Waals surface area contributed by atoms with Gasteiger partial charge in [0.1, 0.15) is 5.01 Å². The highest BCUT2D eigenvalue weighted by atomic mass is 79.9. The third-order valence-corrected chi connectivity index (χ3v) is 5.50. The number of ketones is 1. The molecule has 2 heterocycles. The van der Waals surface area contributed by atoms with Gasteiger partial charge < -0.3 is 0 Å². The number of thiophene rings is 1. The Morgan fingerprint density at radius 3 is 2.70 bits per heavy atom. The SMILES string of the molecule is N#CC(C(=O)c1ccc(Br)s1)c1nc2ccccc2s1. The Kier molecular flexibility index (Phi) is 3.66. The van der Waals surface area contributed by atoms with Crippen LogP contribution >= 0.6 is 38.6 Å². The number of benzene rings is 1. The lowest BCUT2D eigenvalue weighted by molar-refractivity contribution is 0.0983. The van der Waals surface area contributed by atoms with Crippen LogP contribution in [0.5, 0.6) is 0 Å². The lowest BCUT2D eigenvalue weighted by atomic mass is 10.1. The smallest absolute Gasteiger partial charge is 0.196 e. The van der Waals surface area contributed by atoms with E-state index in [1.54, 1.807) is 6.07 Å². The van der Waals surface area contributed by atoms with E-state index in [9.17, 15) is 10.1 Å². The maximum Gasteiger partial charge on any atom is 0.196 e. The van der Waals surface area contributed by atoms with Crippen molar-refractivity contribution < 1.29 is 4.79 Å². The summed E-state index contributed by atoms with van der Waals surface area (Å²) in [6, 6.07) is 13.3. The molecule has 0 aliphatic heterocycles. The fourth-order valence-electron chi connectivity index (χ4n) is 1.83. The topological polar surface area (TPSA) is 53.8 Å². The molecule has 0 aliphatic rings. The van der Waals surface area contributed by atoms with Gasteiger partial charge in [0, 0.05) is 0 Å². The van der Waals surface area contributed by atoms with Crippen molar-refractivity contribution in [3.8, 4) is 6.07 Å². The quantitative estimate of drug-likeness (QED) is 0.639. The molecule has 0 N–H and O–H groups in total. The lowest BCUT2D eigenvalue weighted by Crippen LogP contribution is -2.09. The number of aromatic nitrogens is 1. The average Bonchev–Trinajstić information content (AvgIpc) is 3.05. The summed E-state index contributed by atoms with van der Waals surface area (Å²) >= 11 is 6.06. The van der Waals surface area contributed by atoms with Gasteiger partial charge in [0.05, 0.1) is 24.9 Å². The highest BCUT2D eigenvalue weighted by Crippen LogP contribution is 2.32. The van der Waals surface area contributed by atoms with Crippen LogP contribution in [0.25, 0.3) is 10.2 Å². The number of hydrogen-bond donors (Lipinski definition) is 0. The molecule has 98 valence electrons. The fourth-order valence-corrected chi connectivity index (χ4v) is 4.20. The molecule has 1 aromatic carbocycles. The summed E-state index contributed by atoms with van der Waals surface area (Å²) in [6.07, 6.45) is 0. The van der Waals surface area contributed by atoms with E-state index in [0.717, 1.165) is 14.0 Å². The van der Waals surface area contributed by atoms with Crippen LogP contribution in [0.4, 0.5) is 0 Å². The van der Waals surface area contributed by atoms with Gasteiger partial charge in [-0.15, -0.1) is 22.7 Å². The Bertz CT molecular complexity index is 798. The molecule has 1 unspecified atom stereocenters. The van der Waals surface area contributed by atoms with Crippen LogP contribution in [0.1, 0.15) is 20.6 Å². The van der Waals surface area contributed by atoms with Gasteiger partial charge in [-0.1, -0.05) is 12.1 Å². The number of para-hydroxylation sites is 1. The maximum atomic E-state index is 12.4. The first-order valence-electron chi connectivity index (χ1n) is 5.73. The zero-order chi connectivity index (χ0) is 14.1. The Morgan fingerprint density at radius 2 is 2.05 bits per heavy atom. The molecule has 0 saturated carbocycles. The first-order chi connectivity index (χ1) is 9.69. The molecule has 0 bridgehead atoms. The molecule has 0 radical (unpaired) electrons. The number of hydrogen-bond acceptors (Lipinski definition) is 5. The van der Waals surface area contributed by atoms with E-state index >= 15 is 0 Å². The zero-order valence-electron chi connectivity index (χ0n) is 10.0. The molecule has 3 nitrogen and oxygen atoms in total. The third kappa shape index (κ3) is 2.40. The second kappa shape index (κ2) is 5.44. The number of nitrogens with zero attached hydrogens (tertiary/aromatic N) is 2. The largest absolute Gasteiger partial charge is 0.291 e. The second-order valence-electron chi connectivity index (χ2n) is 4.05. The molecule has 0 spiro atoms. The summed E-state index contributed by atoms with van der Waals surface area (Å²) < 4.78 is 1.87. The van der Waals surface area contributed by atoms with Gasteiger partial charge in [0.15, 0.2) is 11.7 Å². The van der Waals surface area contributed by atoms with Crippen molar-refractivity contribution in [1.82, 2.24) is 4.98 Å². The predicted molar refractivity (Wildman–Crippen MR) is 84.3 cm³/mol. The molecule has 0 saturated heterocycles. The summed E-state index contributed by atoms with van der Waals surface area (Å²) in [5.74, 6) is -1.03. The monoisotopic (exact) mass is 362 g/mol. The molecule has 6 heteroatoms. The van der Waals surface area contributed by atoms with Gasteiger partial charge >= 0.3 is 0 Å². The van der Waals surface area contributed by atoms with Gasteiger partial charge in [-0.25, -0.2) is 4.98 Å². The molecular weight excluding hydrogens is 356 g/mol. The number of halogens is 1. The number of fused-ring (bicyclic) bond motifs is 1. The molecule has 1 atom stereocenters. The summed E-state index contributed by atoms with van der Waals surface area (Å²) in [4.78, 5) is 17.4. The maximum absolute atomic E-state index is 12.4. The van der Waals surface area contributed by atoms with Crippen LogP contribution in [0.15, 0.2) is 40.2 Å².